The lowest BCUT2D eigenvalue weighted by Crippen LogP contribution is -2.60. The number of rotatable bonds is 3. The van der Waals surface area contributed by atoms with Crippen LogP contribution < -0.4 is 4.74 Å². The lowest BCUT2D eigenvalue weighted by Gasteiger charge is -2.39. The van der Waals surface area contributed by atoms with Crippen molar-refractivity contribution < 1.29 is 35.0 Å². The van der Waals surface area contributed by atoms with Gasteiger partial charge < -0.3 is 35.0 Å². The van der Waals surface area contributed by atoms with Gasteiger partial charge in [0.15, 0.2) is 11.5 Å². The van der Waals surface area contributed by atoms with Crippen molar-refractivity contribution in [3.63, 3.8) is 0 Å². The monoisotopic (exact) mass is 323 g/mol. The number of aliphatic hydroxyl groups is 4. The summed E-state index contributed by atoms with van der Waals surface area (Å²) >= 11 is 0. The van der Waals surface area contributed by atoms with Crippen LogP contribution in [-0.4, -0.2) is 67.8 Å². The third-order valence-electron chi connectivity index (χ3n) is 3.80. The average molecular weight is 323 g/mol. The number of aromatic hydroxyl groups is 1. The molecule has 2 aromatic rings. The minimum Gasteiger partial charge on any atom is -0.503 e. The molecule has 23 heavy (non-hydrogen) atoms. The molecule has 3 rings (SSSR count). The predicted octanol–water partition coefficient (Wildman–Crippen LogP) is -0.881. The molecule has 1 aliphatic rings. The van der Waals surface area contributed by atoms with Gasteiger partial charge in [-0.2, -0.15) is 0 Å². The van der Waals surface area contributed by atoms with E-state index in [4.69, 9.17) is 14.6 Å². The van der Waals surface area contributed by atoms with E-state index in [1.54, 1.807) is 18.2 Å². The number of ether oxygens (including phenoxy) is 2. The Balaban J connectivity index is 1.87. The second-order valence-electron chi connectivity index (χ2n) is 5.30. The van der Waals surface area contributed by atoms with Gasteiger partial charge in [0.2, 0.25) is 6.29 Å². The van der Waals surface area contributed by atoms with Crippen molar-refractivity contribution >= 4 is 10.9 Å². The van der Waals surface area contributed by atoms with Crippen LogP contribution in [0.2, 0.25) is 0 Å². The highest BCUT2D eigenvalue weighted by Gasteiger charge is 2.44. The van der Waals surface area contributed by atoms with E-state index in [1.165, 1.54) is 12.3 Å². The number of aromatic nitrogens is 1. The lowest BCUT2D eigenvalue weighted by molar-refractivity contribution is -0.277. The first-order chi connectivity index (χ1) is 11.0. The second-order valence-corrected chi connectivity index (χ2v) is 5.30. The number of fused-ring (bicyclic) bond motifs is 1. The largest absolute Gasteiger partial charge is 0.503 e. The van der Waals surface area contributed by atoms with Crippen LogP contribution in [-0.2, 0) is 4.74 Å². The zero-order chi connectivity index (χ0) is 16.6. The van der Waals surface area contributed by atoms with E-state index in [-0.39, 0.29) is 11.5 Å². The van der Waals surface area contributed by atoms with Gasteiger partial charge in [-0.3, -0.25) is 4.98 Å². The Morgan fingerprint density at radius 1 is 1.09 bits per heavy atom. The molecule has 0 radical (unpaired) electrons. The first kappa shape index (κ1) is 15.9. The number of hydrogen-bond acceptors (Lipinski definition) is 8. The Hall–Kier alpha value is -1.97. The van der Waals surface area contributed by atoms with Crippen LogP contribution in [0.5, 0.6) is 11.5 Å². The van der Waals surface area contributed by atoms with Crippen molar-refractivity contribution in [1.82, 2.24) is 4.98 Å². The number of nitrogens with zero attached hydrogens (tertiary/aromatic N) is 1. The Labute approximate surface area is 131 Å². The molecule has 0 amide bonds. The van der Waals surface area contributed by atoms with Crippen LogP contribution in [0.3, 0.4) is 0 Å². The molecule has 5 N–H and O–H groups in total. The van der Waals surface area contributed by atoms with E-state index in [2.05, 4.69) is 4.98 Å². The summed E-state index contributed by atoms with van der Waals surface area (Å²) in [5, 5.41) is 49.5. The summed E-state index contributed by atoms with van der Waals surface area (Å²) in [6.07, 6.45) is -5.50. The maximum atomic E-state index is 10.2. The summed E-state index contributed by atoms with van der Waals surface area (Å²) in [6.45, 7) is -0.559. The maximum Gasteiger partial charge on any atom is 0.229 e. The van der Waals surface area contributed by atoms with Crippen molar-refractivity contribution in [1.29, 1.82) is 0 Å². The van der Waals surface area contributed by atoms with Crippen LogP contribution in [0, 0.1) is 0 Å². The van der Waals surface area contributed by atoms with Crippen LogP contribution in [0.1, 0.15) is 0 Å². The summed E-state index contributed by atoms with van der Waals surface area (Å²) in [5.41, 5.74) is 0.314. The molecule has 124 valence electrons. The quantitative estimate of drug-likeness (QED) is 0.492. The molecule has 0 bridgehead atoms. The van der Waals surface area contributed by atoms with Crippen LogP contribution in [0.25, 0.3) is 10.9 Å². The molecular weight excluding hydrogens is 306 g/mol. The van der Waals surface area contributed by atoms with Gasteiger partial charge in [-0.1, -0.05) is 6.07 Å². The molecule has 1 aromatic heterocycles. The molecule has 8 heteroatoms. The molecule has 1 aliphatic heterocycles. The van der Waals surface area contributed by atoms with E-state index in [0.717, 1.165) is 0 Å². The zero-order valence-corrected chi connectivity index (χ0v) is 12.0. The average Bonchev–Trinajstić information content (AvgIpc) is 2.57. The highest BCUT2D eigenvalue weighted by atomic mass is 16.7. The second kappa shape index (κ2) is 6.26. The van der Waals surface area contributed by atoms with Gasteiger partial charge in [0, 0.05) is 11.6 Å². The van der Waals surface area contributed by atoms with Crippen molar-refractivity contribution in [3.05, 3.63) is 30.5 Å². The standard InChI is InChI=1S/C15H17NO7/c17-6-9-12(19)13(20)14(21)15(23-9)22-8-4-3-7-2-1-5-16-10(7)11(8)18/h1-5,9,12-15,17-21H,6H2/t9-,12-,13+,14-,15-/m1/s1. The summed E-state index contributed by atoms with van der Waals surface area (Å²) in [4.78, 5) is 4.05. The molecule has 8 nitrogen and oxygen atoms in total. The van der Waals surface area contributed by atoms with Crippen molar-refractivity contribution in [2.75, 3.05) is 6.61 Å². The normalized spacial score (nSPS) is 31.2. The van der Waals surface area contributed by atoms with Gasteiger partial charge in [-0.05, 0) is 18.2 Å². The van der Waals surface area contributed by atoms with Crippen molar-refractivity contribution in [2.24, 2.45) is 0 Å². The minimum absolute atomic E-state index is 0.000490. The molecule has 1 fully saturated rings. The van der Waals surface area contributed by atoms with Crippen LogP contribution in [0.15, 0.2) is 30.5 Å². The van der Waals surface area contributed by atoms with Gasteiger partial charge in [-0.25, -0.2) is 0 Å². The first-order valence-corrected chi connectivity index (χ1v) is 7.07. The third kappa shape index (κ3) is 2.82. The third-order valence-corrected chi connectivity index (χ3v) is 3.80. The number of pyridine rings is 1. The number of aliphatic hydroxyl groups excluding tert-OH is 4. The van der Waals surface area contributed by atoms with E-state index >= 15 is 0 Å². The predicted molar refractivity (Wildman–Crippen MR) is 77.8 cm³/mol. The van der Waals surface area contributed by atoms with Crippen LogP contribution >= 0.6 is 0 Å². The lowest BCUT2D eigenvalue weighted by atomic mass is 9.99. The van der Waals surface area contributed by atoms with Gasteiger partial charge in [-0.15, -0.1) is 0 Å². The number of benzene rings is 1. The number of phenolic OH excluding ortho intramolecular Hbond substituents is 1. The number of hydrogen-bond donors (Lipinski definition) is 5. The van der Waals surface area contributed by atoms with E-state index in [1.807, 2.05) is 0 Å². The highest BCUT2D eigenvalue weighted by molar-refractivity contribution is 5.86. The molecule has 0 saturated carbocycles. The van der Waals surface area contributed by atoms with Crippen LogP contribution in [0.4, 0.5) is 0 Å². The molecule has 0 spiro atoms. The van der Waals surface area contributed by atoms with Crippen molar-refractivity contribution in [2.45, 2.75) is 30.7 Å². The van der Waals surface area contributed by atoms with E-state index in [0.29, 0.717) is 10.9 Å². The Morgan fingerprint density at radius 2 is 1.87 bits per heavy atom. The van der Waals surface area contributed by atoms with E-state index < -0.39 is 37.3 Å². The summed E-state index contributed by atoms with van der Waals surface area (Å²) in [7, 11) is 0. The number of phenols is 1. The summed E-state index contributed by atoms with van der Waals surface area (Å²) < 4.78 is 10.7. The van der Waals surface area contributed by atoms with Gasteiger partial charge in [0.25, 0.3) is 0 Å². The SMILES string of the molecule is OC[C@H]1O[C@@H](Oc2ccc3cccnc3c2O)[C@H](O)[C@@H](O)[C@@H]1O. The summed E-state index contributed by atoms with van der Waals surface area (Å²) in [5.74, 6) is -0.236. The fourth-order valence-corrected chi connectivity index (χ4v) is 2.50. The van der Waals surface area contributed by atoms with Gasteiger partial charge in [0.1, 0.15) is 29.9 Å². The molecule has 1 saturated heterocycles. The summed E-state index contributed by atoms with van der Waals surface area (Å²) in [6, 6.07) is 6.63. The topological polar surface area (TPSA) is 132 Å². The fourth-order valence-electron chi connectivity index (χ4n) is 2.50. The Morgan fingerprint density at radius 3 is 2.61 bits per heavy atom. The van der Waals surface area contributed by atoms with Gasteiger partial charge >= 0.3 is 0 Å². The Bertz CT molecular complexity index is 693. The smallest absolute Gasteiger partial charge is 0.229 e. The van der Waals surface area contributed by atoms with Crippen molar-refractivity contribution in [3.8, 4) is 11.5 Å². The Kier molecular flexibility index (Phi) is 4.33. The van der Waals surface area contributed by atoms with E-state index in [9.17, 15) is 20.4 Å². The molecule has 0 unspecified atom stereocenters. The minimum atomic E-state index is -1.55. The maximum absolute atomic E-state index is 10.2. The molecule has 2 heterocycles. The molecule has 5 atom stereocenters. The zero-order valence-electron chi connectivity index (χ0n) is 12.0. The molecular formula is C15H17NO7. The highest BCUT2D eigenvalue weighted by Crippen LogP contribution is 2.35. The molecule has 1 aromatic carbocycles. The fraction of sp³-hybridized carbons (Fsp3) is 0.400. The first-order valence-electron chi connectivity index (χ1n) is 7.07. The molecule has 0 aliphatic carbocycles. The van der Waals surface area contributed by atoms with Gasteiger partial charge in [0.05, 0.1) is 6.61 Å².